The van der Waals surface area contributed by atoms with Crippen molar-refractivity contribution in [2.75, 3.05) is 13.2 Å². The fourth-order valence-electron chi connectivity index (χ4n) is 2.87. The number of hydrogen-bond donors (Lipinski definition) is 0. The van der Waals surface area contributed by atoms with Crippen LogP contribution in [0.15, 0.2) is 18.2 Å². The molecule has 0 radical (unpaired) electrons. The van der Waals surface area contributed by atoms with Crippen LogP contribution in [0.5, 0.6) is 5.75 Å². The lowest BCUT2D eigenvalue weighted by molar-refractivity contribution is -0.275. The summed E-state index contributed by atoms with van der Waals surface area (Å²) in [5, 5.41) is 0. The molecule has 1 heterocycles. The van der Waals surface area contributed by atoms with Crippen LogP contribution < -0.4 is 4.74 Å². The van der Waals surface area contributed by atoms with E-state index in [4.69, 9.17) is 9.47 Å². The minimum atomic E-state index is -4.89. The predicted molar refractivity (Wildman–Crippen MR) is 84.7 cm³/mol. The molecule has 1 aliphatic rings. The normalized spacial score (nSPS) is 21.3. The highest BCUT2D eigenvalue weighted by Crippen LogP contribution is 2.26. The number of hydrogen-bond acceptors (Lipinski definition) is 3. The van der Waals surface area contributed by atoms with Gasteiger partial charge in [-0.05, 0) is 49.8 Å². The molecule has 3 nitrogen and oxygen atoms in total. The zero-order valence-electron chi connectivity index (χ0n) is 14.3. The summed E-state index contributed by atoms with van der Waals surface area (Å²) in [5.74, 6) is -1.33. The van der Waals surface area contributed by atoms with Gasteiger partial charge in [-0.2, -0.15) is 0 Å². The van der Waals surface area contributed by atoms with Gasteiger partial charge >= 0.3 is 6.36 Å². The molecule has 1 fully saturated rings. The van der Waals surface area contributed by atoms with E-state index in [0.29, 0.717) is 17.9 Å². The molecule has 2 rings (SSSR count). The minimum absolute atomic E-state index is 0.188. The summed E-state index contributed by atoms with van der Waals surface area (Å²) in [5.41, 5.74) is 0.639. The van der Waals surface area contributed by atoms with Gasteiger partial charge in [0.05, 0.1) is 13.2 Å². The van der Waals surface area contributed by atoms with Crippen molar-refractivity contribution in [3.05, 3.63) is 29.6 Å². The molecule has 1 saturated heterocycles. The van der Waals surface area contributed by atoms with Gasteiger partial charge in [-0.1, -0.05) is 19.4 Å². The van der Waals surface area contributed by atoms with Crippen molar-refractivity contribution in [1.82, 2.24) is 0 Å². The summed E-state index contributed by atoms with van der Waals surface area (Å²) in [6, 6.07) is 3.55. The summed E-state index contributed by atoms with van der Waals surface area (Å²) in [4.78, 5) is 0. The van der Waals surface area contributed by atoms with Crippen molar-refractivity contribution in [1.29, 1.82) is 0 Å². The highest BCUT2D eigenvalue weighted by Gasteiger charge is 2.32. The first-order valence-corrected chi connectivity index (χ1v) is 8.64. The maximum Gasteiger partial charge on any atom is 0.573 e. The van der Waals surface area contributed by atoms with Crippen molar-refractivity contribution in [3.63, 3.8) is 0 Å². The van der Waals surface area contributed by atoms with Crippen LogP contribution in [-0.2, 0) is 15.9 Å². The van der Waals surface area contributed by atoms with Crippen molar-refractivity contribution in [2.24, 2.45) is 5.92 Å². The standard InChI is InChI=1S/C18H24F4O3/c1-2-5-14-11-23-17(24-12-14)7-4-3-6-13-8-9-16(15(19)10-13)25-18(20,21)22/h8-10,14,17H,2-7,11-12H2,1H3. The van der Waals surface area contributed by atoms with Crippen molar-refractivity contribution < 1.29 is 31.8 Å². The van der Waals surface area contributed by atoms with E-state index in [1.807, 2.05) is 0 Å². The Labute approximate surface area is 145 Å². The van der Waals surface area contributed by atoms with Gasteiger partial charge in [0.1, 0.15) is 0 Å². The Morgan fingerprint density at radius 1 is 1.12 bits per heavy atom. The number of unbranched alkanes of at least 4 members (excludes halogenated alkanes) is 1. The Balaban J connectivity index is 1.68. The van der Waals surface area contributed by atoms with E-state index >= 15 is 0 Å². The summed E-state index contributed by atoms with van der Waals surface area (Å²) in [6.45, 7) is 3.59. The molecule has 0 aromatic heterocycles. The molecule has 0 aliphatic carbocycles. The number of rotatable bonds is 8. The molecule has 0 N–H and O–H groups in total. The first kappa shape index (κ1) is 20.0. The smallest absolute Gasteiger partial charge is 0.403 e. The van der Waals surface area contributed by atoms with Crippen LogP contribution in [0, 0.1) is 11.7 Å². The van der Waals surface area contributed by atoms with E-state index in [-0.39, 0.29) is 6.29 Å². The van der Waals surface area contributed by atoms with E-state index in [2.05, 4.69) is 11.7 Å². The molecule has 0 saturated carbocycles. The number of benzene rings is 1. The van der Waals surface area contributed by atoms with Crippen LogP contribution in [0.25, 0.3) is 0 Å². The molecule has 0 amide bonds. The Morgan fingerprint density at radius 3 is 2.44 bits per heavy atom. The number of alkyl halides is 3. The van der Waals surface area contributed by atoms with Gasteiger partial charge < -0.3 is 14.2 Å². The molecule has 142 valence electrons. The Morgan fingerprint density at radius 2 is 1.84 bits per heavy atom. The fourth-order valence-corrected chi connectivity index (χ4v) is 2.87. The summed E-state index contributed by atoms with van der Waals surface area (Å²) < 4.78 is 64.9. The van der Waals surface area contributed by atoms with Gasteiger partial charge in [-0.3, -0.25) is 0 Å². The molecule has 0 unspecified atom stereocenters. The van der Waals surface area contributed by atoms with Crippen LogP contribution in [0.1, 0.15) is 44.6 Å². The zero-order chi connectivity index (χ0) is 18.3. The van der Waals surface area contributed by atoms with E-state index in [1.165, 1.54) is 6.07 Å². The Bertz CT molecular complexity index is 526. The van der Waals surface area contributed by atoms with Crippen molar-refractivity contribution in [3.8, 4) is 5.75 Å². The van der Waals surface area contributed by atoms with Crippen LogP contribution in [0.2, 0.25) is 0 Å². The molecule has 0 bridgehead atoms. The molecular formula is C18H24F4O3. The molecule has 0 atom stereocenters. The molecule has 1 aliphatic heterocycles. The second kappa shape index (κ2) is 9.38. The topological polar surface area (TPSA) is 27.7 Å². The van der Waals surface area contributed by atoms with Gasteiger partial charge in [0.25, 0.3) is 0 Å². The summed E-state index contributed by atoms with van der Waals surface area (Å²) >= 11 is 0. The second-order valence-corrected chi connectivity index (χ2v) is 6.31. The summed E-state index contributed by atoms with van der Waals surface area (Å²) in [7, 11) is 0. The molecule has 7 heteroatoms. The molecule has 25 heavy (non-hydrogen) atoms. The van der Waals surface area contributed by atoms with E-state index in [0.717, 1.165) is 57.5 Å². The largest absolute Gasteiger partial charge is 0.573 e. The lowest BCUT2D eigenvalue weighted by atomic mass is 10.0. The van der Waals surface area contributed by atoms with Gasteiger partial charge in [0.2, 0.25) is 0 Å². The lowest BCUT2D eigenvalue weighted by Crippen LogP contribution is -2.31. The highest BCUT2D eigenvalue weighted by molar-refractivity contribution is 5.29. The SMILES string of the molecule is CCCC1COC(CCCCc2ccc(OC(F)(F)F)c(F)c2)OC1. The molecule has 1 aromatic rings. The van der Waals surface area contributed by atoms with Crippen LogP contribution >= 0.6 is 0 Å². The molecule has 1 aromatic carbocycles. The number of aryl methyl sites for hydroxylation is 1. The van der Waals surface area contributed by atoms with Gasteiger partial charge in [-0.25, -0.2) is 4.39 Å². The highest BCUT2D eigenvalue weighted by atomic mass is 19.4. The Kier molecular flexibility index (Phi) is 7.50. The number of halogens is 4. The molecule has 0 spiro atoms. The van der Waals surface area contributed by atoms with Crippen LogP contribution in [0.3, 0.4) is 0 Å². The third-order valence-electron chi connectivity index (χ3n) is 4.11. The average Bonchev–Trinajstić information content (AvgIpc) is 2.55. The third kappa shape index (κ3) is 7.20. The average molecular weight is 364 g/mol. The van der Waals surface area contributed by atoms with Crippen molar-refractivity contribution in [2.45, 2.75) is 58.1 Å². The maximum absolute atomic E-state index is 13.6. The molecular weight excluding hydrogens is 340 g/mol. The van der Waals surface area contributed by atoms with Gasteiger partial charge in [-0.15, -0.1) is 13.2 Å². The van der Waals surface area contributed by atoms with Crippen LogP contribution in [0.4, 0.5) is 17.6 Å². The van der Waals surface area contributed by atoms with E-state index < -0.39 is 17.9 Å². The maximum atomic E-state index is 13.6. The number of ether oxygens (including phenoxy) is 3. The quantitative estimate of drug-likeness (QED) is 0.467. The van der Waals surface area contributed by atoms with E-state index in [1.54, 1.807) is 0 Å². The van der Waals surface area contributed by atoms with Gasteiger partial charge in [0.15, 0.2) is 17.9 Å². The van der Waals surface area contributed by atoms with Crippen molar-refractivity contribution >= 4 is 0 Å². The second-order valence-electron chi connectivity index (χ2n) is 6.31. The fraction of sp³-hybridized carbons (Fsp3) is 0.667. The zero-order valence-corrected chi connectivity index (χ0v) is 14.3. The predicted octanol–water partition coefficient (Wildman–Crippen LogP) is 5.23. The minimum Gasteiger partial charge on any atom is -0.403 e. The van der Waals surface area contributed by atoms with Crippen LogP contribution in [-0.4, -0.2) is 25.9 Å². The monoisotopic (exact) mass is 364 g/mol. The third-order valence-corrected chi connectivity index (χ3v) is 4.11. The van der Waals surface area contributed by atoms with E-state index in [9.17, 15) is 17.6 Å². The first-order chi connectivity index (χ1) is 11.9. The van der Waals surface area contributed by atoms with Gasteiger partial charge in [0, 0.05) is 5.92 Å². The summed E-state index contributed by atoms with van der Waals surface area (Å²) in [6.07, 6.45) is 0.0974. The first-order valence-electron chi connectivity index (χ1n) is 8.64. The lowest BCUT2D eigenvalue weighted by Gasteiger charge is -2.29. The Hall–Kier alpha value is -1.34.